The number of nitrogens with zero attached hydrogens (tertiary/aromatic N) is 1. The molecule has 0 amide bonds. The second-order valence-corrected chi connectivity index (χ2v) is 3.62. The molecule has 0 aliphatic carbocycles. The molecule has 0 aliphatic heterocycles. The maximum atomic E-state index is 5.86. The van der Waals surface area contributed by atoms with Gasteiger partial charge in [0.05, 0.1) is 17.6 Å². The standard InChI is InChI=1S/C10H12ClN3O/c11-7-1-2-8-9(5-7)14-10(13-8)6-15-4-3-12/h1-2,5H,3-4,6,12H2,(H,13,14). The number of benzene rings is 1. The van der Waals surface area contributed by atoms with Crippen LogP contribution in [0.2, 0.25) is 5.02 Å². The Morgan fingerprint density at radius 3 is 3.13 bits per heavy atom. The fourth-order valence-corrected chi connectivity index (χ4v) is 1.53. The van der Waals surface area contributed by atoms with E-state index in [0.717, 1.165) is 16.9 Å². The highest BCUT2D eigenvalue weighted by Gasteiger charge is 2.02. The van der Waals surface area contributed by atoms with Gasteiger partial charge in [-0.3, -0.25) is 0 Å². The van der Waals surface area contributed by atoms with E-state index in [-0.39, 0.29) is 0 Å². The lowest BCUT2D eigenvalue weighted by molar-refractivity contribution is 0.123. The number of ether oxygens (including phenoxy) is 1. The Hall–Kier alpha value is -1.10. The molecule has 15 heavy (non-hydrogen) atoms. The number of fused-ring (bicyclic) bond motifs is 1. The van der Waals surface area contributed by atoms with Crippen LogP contribution in [0.5, 0.6) is 0 Å². The minimum absolute atomic E-state index is 0.448. The number of hydrogen-bond acceptors (Lipinski definition) is 3. The third-order valence-electron chi connectivity index (χ3n) is 1.99. The number of nitrogens with two attached hydrogens (primary N) is 1. The Kier molecular flexibility index (Phi) is 3.20. The molecule has 0 fully saturated rings. The Morgan fingerprint density at radius 2 is 2.33 bits per heavy atom. The molecule has 0 spiro atoms. The summed E-state index contributed by atoms with van der Waals surface area (Å²) in [5.74, 6) is 0.792. The first-order valence-electron chi connectivity index (χ1n) is 4.71. The summed E-state index contributed by atoms with van der Waals surface area (Å²) in [6, 6.07) is 5.53. The lowest BCUT2D eigenvalue weighted by Crippen LogP contribution is -2.08. The number of nitrogens with one attached hydrogen (secondary N) is 1. The SMILES string of the molecule is NCCOCc1nc2ccc(Cl)cc2[nH]1. The predicted molar refractivity (Wildman–Crippen MR) is 59.8 cm³/mol. The Bertz CT molecular complexity index is 455. The van der Waals surface area contributed by atoms with Crippen molar-refractivity contribution in [3.63, 3.8) is 0 Å². The van der Waals surface area contributed by atoms with Gasteiger partial charge < -0.3 is 15.5 Å². The molecule has 0 atom stereocenters. The van der Waals surface area contributed by atoms with Crippen molar-refractivity contribution in [2.45, 2.75) is 6.61 Å². The van der Waals surface area contributed by atoms with Crippen LogP contribution >= 0.6 is 11.6 Å². The van der Waals surface area contributed by atoms with Gasteiger partial charge in [-0.25, -0.2) is 4.98 Å². The number of hydrogen-bond donors (Lipinski definition) is 2. The van der Waals surface area contributed by atoms with Crippen molar-refractivity contribution in [1.29, 1.82) is 0 Å². The normalized spacial score (nSPS) is 11.1. The van der Waals surface area contributed by atoms with Crippen LogP contribution in [0.25, 0.3) is 11.0 Å². The van der Waals surface area contributed by atoms with Crippen molar-refractivity contribution in [1.82, 2.24) is 9.97 Å². The summed E-state index contributed by atoms with van der Waals surface area (Å²) in [5.41, 5.74) is 7.13. The van der Waals surface area contributed by atoms with E-state index in [1.165, 1.54) is 0 Å². The number of H-pyrrole nitrogens is 1. The molecule has 0 bridgehead atoms. The summed E-state index contributed by atoms with van der Waals surface area (Å²) in [4.78, 5) is 7.48. The van der Waals surface area contributed by atoms with Crippen LogP contribution < -0.4 is 5.73 Å². The Labute approximate surface area is 92.4 Å². The average molecular weight is 226 g/mol. The minimum atomic E-state index is 0.448. The van der Waals surface area contributed by atoms with Crippen LogP contribution in [-0.4, -0.2) is 23.1 Å². The average Bonchev–Trinajstić information content (AvgIpc) is 2.60. The molecule has 0 saturated heterocycles. The first kappa shape index (κ1) is 10.4. The summed E-state index contributed by atoms with van der Waals surface area (Å²) < 4.78 is 5.28. The van der Waals surface area contributed by atoms with Gasteiger partial charge in [-0.2, -0.15) is 0 Å². The summed E-state index contributed by atoms with van der Waals surface area (Å²) in [5, 5.41) is 0.695. The summed E-state index contributed by atoms with van der Waals surface area (Å²) >= 11 is 5.86. The quantitative estimate of drug-likeness (QED) is 0.779. The first-order valence-corrected chi connectivity index (χ1v) is 5.09. The third-order valence-corrected chi connectivity index (χ3v) is 2.23. The van der Waals surface area contributed by atoms with Crippen molar-refractivity contribution in [2.75, 3.05) is 13.2 Å². The topological polar surface area (TPSA) is 63.9 Å². The number of rotatable bonds is 4. The zero-order chi connectivity index (χ0) is 10.7. The van der Waals surface area contributed by atoms with E-state index in [1.54, 1.807) is 0 Å². The van der Waals surface area contributed by atoms with Crippen LogP contribution in [0.1, 0.15) is 5.82 Å². The first-order chi connectivity index (χ1) is 7.29. The fourth-order valence-electron chi connectivity index (χ4n) is 1.36. The van der Waals surface area contributed by atoms with Gasteiger partial charge in [-0.05, 0) is 18.2 Å². The maximum absolute atomic E-state index is 5.86. The van der Waals surface area contributed by atoms with E-state index in [9.17, 15) is 0 Å². The molecule has 80 valence electrons. The molecule has 5 heteroatoms. The van der Waals surface area contributed by atoms with Crippen molar-refractivity contribution in [3.05, 3.63) is 29.0 Å². The number of aromatic nitrogens is 2. The van der Waals surface area contributed by atoms with Gasteiger partial charge in [0.2, 0.25) is 0 Å². The molecule has 2 rings (SSSR count). The number of imidazole rings is 1. The van der Waals surface area contributed by atoms with Gasteiger partial charge >= 0.3 is 0 Å². The van der Waals surface area contributed by atoms with Gasteiger partial charge in [-0.15, -0.1) is 0 Å². The van der Waals surface area contributed by atoms with Crippen molar-refractivity contribution in [2.24, 2.45) is 5.73 Å². The molecule has 1 heterocycles. The number of aromatic amines is 1. The largest absolute Gasteiger partial charge is 0.372 e. The van der Waals surface area contributed by atoms with E-state index >= 15 is 0 Å². The van der Waals surface area contributed by atoms with E-state index in [4.69, 9.17) is 22.1 Å². The molecule has 0 saturated carbocycles. The highest BCUT2D eigenvalue weighted by atomic mass is 35.5. The lowest BCUT2D eigenvalue weighted by atomic mass is 10.3. The van der Waals surface area contributed by atoms with Crippen molar-refractivity contribution < 1.29 is 4.74 Å². The minimum Gasteiger partial charge on any atom is -0.372 e. The summed E-state index contributed by atoms with van der Waals surface area (Å²) in [6.45, 7) is 1.51. The summed E-state index contributed by atoms with van der Waals surface area (Å²) in [7, 11) is 0. The van der Waals surface area contributed by atoms with E-state index < -0.39 is 0 Å². The van der Waals surface area contributed by atoms with Crippen LogP contribution in [-0.2, 0) is 11.3 Å². The molecular formula is C10H12ClN3O. The lowest BCUT2D eigenvalue weighted by Gasteiger charge is -1.97. The van der Waals surface area contributed by atoms with E-state index in [1.807, 2.05) is 18.2 Å². The summed E-state index contributed by atoms with van der Waals surface area (Å²) in [6.07, 6.45) is 0. The number of halogens is 1. The second-order valence-electron chi connectivity index (χ2n) is 3.19. The molecule has 4 nitrogen and oxygen atoms in total. The molecule has 1 aromatic carbocycles. The van der Waals surface area contributed by atoms with Crippen LogP contribution in [0, 0.1) is 0 Å². The third kappa shape index (κ3) is 2.47. The predicted octanol–water partition coefficient (Wildman–Crippen LogP) is 1.69. The molecule has 3 N–H and O–H groups in total. The Balaban J connectivity index is 2.16. The van der Waals surface area contributed by atoms with Crippen LogP contribution in [0.4, 0.5) is 0 Å². The Morgan fingerprint density at radius 1 is 1.47 bits per heavy atom. The highest BCUT2D eigenvalue weighted by molar-refractivity contribution is 6.31. The second kappa shape index (κ2) is 4.61. The van der Waals surface area contributed by atoms with Crippen molar-refractivity contribution >= 4 is 22.6 Å². The molecule has 0 aliphatic rings. The highest BCUT2D eigenvalue weighted by Crippen LogP contribution is 2.17. The van der Waals surface area contributed by atoms with Gasteiger partial charge in [0.25, 0.3) is 0 Å². The zero-order valence-corrected chi connectivity index (χ0v) is 8.92. The molecular weight excluding hydrogens is 214 g/mol. The van der Waals surface area contributed by atoms with E-state index in [2.05, 4.69) is 9.97 Å². The van der Waals surface area contributed by atoms with Gasteiger partial charge in [0, 0.05) is 11.6 Å². The maximum Gasteiger partial charge on any atom is 0.133 e. The monoisotopic (exact) mass is 225 g/mol. The van der Waals surface area contributed by atoms with Crippen LogP contribution in [0.15, 0.2) is 18.2 Å². The van der Waals surface area contributed by atoms with Gasteiger partial charge in [0.1, 0.15) is 12.4 Å². The molecule has 0 unspecified atom stereocenters. The zero-order valence-electron chi connectivity index (χ0n) is 8.16. The smallest absolute Gasteiger partial charge is 0.133 e. The van der Waals surface area contributed by atoms with Gasteiger partial charge in [0.15, 0.2) is 0 Å². The molecule has 1 aromatic heterocycles. The molecule has 2 aromatic rings. The van der Waals surface area contributed by atoms with Gasteiger partial charge in [-0.1, -0.05) is 11.6 Å². The van der Waals surface area contributed by atoms with Crippen LogP contribution in [0.3, 0.4) is 0 Å². The molecule has 0 radical (unpaired) electrons. The van der Waals surface area contributed by atoms with E-state index in [0.29, 0.717) is 24.8 Å². The fraction of sp³-hybridized carbons (Fsp3) is 0.300. The van der Waals surface area contributed by atoms with Crippen molar-refractivity contribution in [3.8, 4) is 0 Å².